The first kappa shape index (κ1) is 38.6. The third-order valence-corrected chi connectivity index (χ3v) is 17.3. The zero-order valence-electron chi connectivity index (χ0n) is 34.4. The number of allylic oxidation sites excluding steroid dienone is 1. The summed E-state index contributed by atoms with van der Waals surface area (Å²) in [7, 11) is 2.04. The average molecular weight is 730 g/mol. The van der Waals surface area contributed by atoms with Gasteiger partial charge in [0, 0.05) is 34.3 Å². The van der Waals surface area contributed by atoms with Gasteiger partial charge in [0.1, 0.15) is 6.33 Å². The third kappa shape index (κ3) is 5.47. The summed E-state index contributed by atoms with van der Waals surface area (Å²) in [6.45, 7) is 25.0. The Labute approximate surface area is 318 Å². The van der Waals surface area contributed by atoms with Crippen molar-refractivity contribution >= 4 is 5.97 Å². The standard InChI is InChI=1S/C44H67N5O4/c1-27(2)29(5)39(6)18-19-41(8)31-12-13-34-40(7)23-52-25-44(34,32(31)14-17-42(41,9)35(39)38(50)51)22-33(36(40)53-24-43(10,45-11)28(3)4)49-37(47-26-48-49)30-15-20-46-21-16-30/h14-16,20-21,26-29,31,33-36,45H,12-13,17-19,22-25H2,1-11H3,(H,50,51)/t29-,31+,33-,34+,35-,36+,39-,40-,41-,42+,43+,44+/m1/s1. The van der Waals surface area contributed by atoms with E-state index in [0.29, 0.717) is 49.4 Å². The molecule has 7 rings (SSSR count). The van der Waals surface area contributed by atoms with Gasteiger partial charge in [-0.05, 0) is 110 Å². The minimum absolute atomic E-state index is 0.0758. The predicted molar refractivity (Wildman–Crippen MR) is 208 cm³/mol. The number of nitrogens with zero attached hydrogens (tertiary/aromatic N) is 4. The van der Waals surface area contributed by atoms with Gasteiger partial charge in [0.2, 0.25) is 0 Å². The number of aliphatic carboxylic acids is 1. The molecule has 12 atom stereocenters. The molecule has 2 N–H and O–H groups in total. The number of ether oxygens (including phenoxy) is 2. The van der Waals surface area contributed by atoms with E-state index in [9.17, 15) is 9.90 Å². The van der Waals surface area contributed by atoms with E-state index in [-0.39, 0.29) is 44.8 Å². The summed E-state index contributed by atoms with van der Waals surface area (Å²) >= 11 is 0. The molecule has 3 saturated carbocycles. The van der Waals surface area contributed by atoms with E-state index < -0.39 is 11.9 Å². The van der Waals surface area contributed by atoms with Crippen molar-refractivity contribution in [2.75, 3.05) is 26.9 Å². The van der Waals surface area contributed by atoms with Crippen molar-refractivity contribution < 1.29 is 19.4 Å². The second kappa shape index (κ2) is 13.3. The van der Waals surface area contributed by atoms with E-state index in [0.717, 1.165) is 49.9 Å². The molecule has 5 aliphatic rings. The van der Waals surface area contributed by atoms with Crippen LogP contribution in [0.3, 0.4) is 0 Å². The van der Waals surface area contributed by atoms with E-state index in [4.69, 9.17) is 19.6 Å². The number of carboxylic acids is 1. The number of fused-ring (bicyclic) bond motifs is 3. The van der Waals surface area contributed by atoms with E-state index in [1.54, 1.807) is 6.33 Å². The first-order valence-electron chi connectivity index (χ1n) is 20.5. The van der Waals surface area contributed by atoms with Crippen LogP contribution >= 0.6 is 0 Å². The molecule has 9 heteroatoms. The molecule has 1 aliphatic heterocycles. The Morgan fingerprint density at radius 2 is 1.79 bits per heavy atom. The molecule has 2 bridgehead atoms. The fourth-order valence-electron chi connectivity index (χ4n) is 13.1. The van der Waals surface area contributed by atoms with Gasteiger partial charge in [0.25, 0.3) is 0 Å². The van der Waals surface area contributed by atoms with Gasteiger partial charge in [-0.15, -0.1) is 0 Å². The average Bonchev–Trinajstić information content (AvgIpc) is 3.61. The second-order valence-electron chi connectivity index (χ2n) is 19.9. The number of likely N-dealkylation sites (N-methyl/N-ethyl adjacent to an activating group) is 1. The SMILES string of the molecule is CN[C@@](C)(CO[C@H]1[C@H](n2ncnc2-c2ccncc2)C[C@@]23COC[C@]1(C)[C@@H]2CC[C@H]1C3=CC[C@@]2(C)[C@H](C(=O)O)[C@@](C)([C@H](C)C(C)C)CC[C@]12C)C(C)C. The van der Waals surface area contributed by atoms with E-state index >= 15 is 0 Å². The highest BCUT2D eigenvalue weighted by Crippen LogP contribution is 2.75. The highest BCUT2D eigenvalue weighted by Gasteiger charge is 2.72. The monoisotopic (exact) mass is 730 g/mol. The summed E-state index contributed by atoms with van der Waals surface area (Å²) in [6.07, 6.45) is 13.5. The molecule has 1 saturated heterocycles. The lowest BCUT2D eigenvalue weighted by Gasteiger charge is -2.71. The van der Waals surface area contributed by atoms with Crippen molar-refractivity contribution in [3.63, 3.8) is 0 Å². The highest BCUT2D eigenvalue weighted by atomic mass is 16.5. The number of nitrogens with one attached hydrogen (secondary N) is 1. The molecule has 0 aromatic carbocycles. The number of rotatable bonds is 10. The molecule has 2 aromatic heterocycles. The number of carbonyl (C=O) groups is 1. The molecule has 0 radical (unpaired) electrons. The summed E-state index contributed by atoms with van der Waals surface area (Å²) in [5, 5.41) is 19.7. The van der Waals surface area contributed by atoms with Crippen LogP contribution in [0.5, 0.6) is 0 Å². The topological polar surface area (TPSA) is 111 Å². The van der Waals surface area contributed by atoms with Crippen LogP contribution in [0, 0.1) is 62.6 Å². The van der Waals surface area contributed by atoms with Crippen LogP contribution in [0.15, 0.2) is 42.5 Å². The Morgan fingerprint density at radius 1 is 1.08 bits per heavy atom. The maximum absolute atomic E-state index is 13.6. The predicted octanol–water partition coefficient (Wildman–Crippen LogP) is 8.49. The molecule has 2 aromatic rings. The number of aromatic nitrogens is 4. The van der Waals surface area contributed by atoms with Crippen molar-refractivity contribution in [3.05, 3.63) is 42.5 Å². The van der Waals surface area contributed by atoms with E-state index in [1.807, 2.05) is 31.6 Å². The van der Waals surface area contributed by atoms with Crippen LogP contribution in [0.4, 0.5) is 0 Å². The fraction of sp³-hybridized carbons (Fsp3) is 0.773. The number of pyridine rings is 1. The molecule has 9 nitrogen and oxygen atoms in total. The van der Waals surface area contributed by atoms with Gasteiger partial charge in [-0.25, -0.2) is 9.67 Å². The number of carboxylic acid groups (broad SMARTS) is 1. The summed E-state index contributed by atoms with van der Waals surface area (Å²) in [5.41, 5.74) is 1.06. The van der Waals surface area contributed by atoms with Crippen LogP contribution in [-0.2, 0) is 14.3 Å². The van der Waals surface area contributed by atoms with Crippen LogP contribution in [-0.4, -0.2) is 69.3 Å². The maximum atomic E-state index is 13.6. The lowest BCUT2D eigenvalue weighted by atomic mass is 9.34. The Balaban J connectivity index is 1.35. The van der Waals surface area contributed by atoms with Gasteiger partial charge >= 0.3 is 5.97 Å². The smallest absolute Gasteiger partial charge is 0.307 e. The zero-order valence-corrected chi connectivity index (χ0v) is 34.4. The molecule has 4 fully saturated rings. The Hall–Kier alpha value is -2.62. The van der Waals surface area contributed by atoms with Crippen molar-refractivity contribution in [3.8, 4) is 11.4 Å². The summed E-state index contributed by atoms with van der Waals surface area (Å²) < 4.78 is 16.3. The molecule has 0 amide bonds. The first-order valence-corrected chi connectivity index (χ1v) is 20.5. The Kier molecular flexibility index (Phi) is 9.67. The molecular weight excluding hydrogens is 663 g/mol. The third-order valence-electron chi connectivity index (χ3n) is 17.3. The lowest BCUT2D eigenvalue weighted by molar-refractivity contribution is -0.253. The zero-order chi connectivity index (χ0) is 38.4. The molecule has 0 unspecified atom stereocenters. The number of hydrogen-bond donors (Lipinski definition) is 2. The van der Waals surface area contributed by atoms with Crippen molar-refractivity contribution in [2.24, 2.45) is 62.6 Å². The quantitative estimate of drug-likeness (QED) is 0.234. The van der Waals surface area contributed by atoms with Gasteiger partial charge in [0.05, 0.1) is 37.9 Å². The minimum Gasteiger partial charge on any atom is -0.481 e. The largest absolute Gasteiger partial charge is 0.481 e. The molecule has 53 heavy (non-hydrogen) atoms. The second-order valence-corrected chi connectivity index (χ2v) is 19.9. The molecule has 3 heterocycles. The fourth-order valence-corrected chi connectivity index (χ4v) is 13.1. The Morgan fingerprint density at radius 3 is 2.43 bits per heavy atom. The highest BCUT2D eigenvalue weighted by molar-refractivity contribution is 5.73. The van der Waals surface area contributed by atoms with E-state index in [2.05, 4.69) is 90.3 Å². The van der Waals surface area contributed by atoms with Crippen molar-refractivity contribution in [1.82, 2.24) is 25.1 Å². The maximum Gasteiger partial charge on any atom is 0.307 e. The Bertz CT molecular complexity index is 1710. The number of hydrogen-bond acceptors (Lipinski definition) is 7. The van der Waals surface area contributed by atoms with Crippen LogP contribution in [0.25, 0.3) is 11.4 Å². The van der Waals surface area contributed by atoms with Crippen molar-refractivity contribution in [1.29, 1.82) is 0 Å². The van der Waals surface area contributed by atoms with Gasteiger partial charge in [-0.2, -0.15) is 5.10 Å². The summed E-state index contributed by atoms with van der Waals surface area (Å²) in [4.78, 5) is 22.7. The van der Waals surface area contributed by atoms with Crippen LogP contribution in [0.1, 0.15) is 114 Å². The molecule has 292 valence electrons. The van der Waals surface area contributed by atoms with Crippen molar-refractivity contribution in [2.45, 2.75) is 125 Å². The van der Waals surface area contributed by atoms with Gasteiger partial charge in [0.15, 0.2) is 5.82 Å². The minimum atomic E-state index is -0.617. The van der Waals surface area contributed by atoms with E-state index in [1.165, 1.54) is 5.57 Å². The molecule has 0 spiro atoms. The van der Waals surface area contributed by atoms with Gasteiger partial charge < -0.3 is 19.9 Å². The van der Waals surface area contributed by atoms with Crippen LogP contribution < -0.4 is 5.32 Å². The molecular formula is C44H67N5O4. The summed E-state index contributed by atoms with van der Waals surface area (Å²) in [5.74, 6) is 1.58. The first-order chi connectivity index (χ1) is 24.9. The lowest BCUT2D eigenvalue weighted by Crippen LogP contribution is -2.69. The normalized spacial score (nSPS) is 41.2. The summed E-state index contributed by atoms with van der Waals surface area (Å²) in [6, 6.07) is 3.95. The van der Waals surface area contributed by atoms with Crippen LogP contribution in [0.2, 0.25) is 0 Å². The van der Waals surface area contributed by atoms with Gasteiger partial charge in [-0.3, -0.25) is 9.78 Å². The van der Waals surface area contributed by atoms with Gasteiger partial charge in [-0.1, -0.05) is 74.0 Å². The molecule has 4 aliphatic carbocycles.